The Kier molecular flexibility index (Phi) is 6.99. The molecule has 1 amide bonds. The van der Waals surface area contributed by atoms with Gasteiger partial charge in [-0.25, -0.2) is 13.1 Å². The molecule has 0 saturated carbocycles. The molecule has 0 aliphatic carbocycles. The number of benzene rings is 2. The van der Waals surface area contributed by atoms with Crippen LogP contribution in [0.5, 0.6) is 0 Å². The quantitative estimate of drug-likeness (QED) is 0.689. The van der Waals surface area contributed by atoms with Gasteiger partial charge in [0.1, 0.15) is 0 Å². The first-order valence-corrected chi connectivity index (χ1v) is 9.91. The van der Waals surface area contributed by atoms with Crippen LogP contribution in [0.1, 0.15) is 35.7 Å². The Morgan fingerprint density at radius 1 is 1.04 bits per heavy atom. The van der Waals surface area contributed by atoms with Crippen molar-refractivity contribution in [2.24, 2.45) is 0 Å². The zero-order chi connectivity index (χ0) is 18.3. The highest BCUT2D eigenvalue weighted by molar-refractivity contribution is 7.89. The van der Waals surface area contributed by atoms with E-state index in [1.807, 2.05) is 19.1 Å². The van der Waals surface area contributed by atoms with Crippen LogP contribution in [-0.2, 0) is 16.6 Å². The minimum atomic E-state index is -3.53. The van der Waals surface area contributed by atoms with Crippen LogP contribution >= 0.6 is 11.6 Å². The van der Waals surface area contributed by atoms with E-state index >= 15 is 0 Å². The normalized spacial score (nSPS) is 11.3. The second kappa shape index (κ2) is 8.99. The molecule has 0 atom stereocenters. The van der Waals surface area contributed by atoms with E-state index in [4.69, 9.17) is 11.6 Å². The number of nitrogens with one attached hydrogen (secondary N) is 2. The van der Waals surface area contributed by atoms with Gasteiger partial charge >= 0.3 is 0 Å². The summed E-state index contributed by atoms with van der Waals surface area (Å²) in [4.78, 5) is 12.3. The van der Waals surface area contributed by atoms with Gasteiger partial charge in [-0.15, -0.1) is 0 Å². The number of carbonyl (C=O) groups is 1. The predicted octanol–water partition coefficient (Wildman–Crippen LogP) is 3.35. The fraction of sp³-hybridized carbons (Fsp3) is 0.278. The molecule has 0 aliphatic heterocycles. The van der Waals surface area contributed by atoms with E-state index in [1.165, 1.54) is 24.3 Å². The van der Waals surface area contributed by atoms with Crippen molar-refractivity contribution in [2.75, 3.05) is 6.54 Å². The van der Waals surface area contributed by atoms with Crippen molar-refractivity contribution in [3.63, 3.8) is 0 Å². The molecule has 2 N–H and O–H groups in total. The molecule has 134 valence electrons. The lowest BCUT2D eigenvalue weighted by atomic mass is 10.2. The van der Waals surface area contributed by atoms with Crippen LogP contribution in [0.25, 0.3) is 0 Å². The number of halogens is 1. The molecule has 0 aromatic heterocycles. The van der Waals surface area contributed by atoms with Crippen LogP contribution in [0.4, 0.5) is 0 Å². The molecule has 0 unspecified atom stereocenters. The summed E-state index contributed by atoms with van der Waals surface area (Å²) < 4.78 is 26.7. The lowest BCUT2D eigenvalue weighted by molar-refractivity contribution is 0.0951. The second-order valence-corrected chi connectivity index (χ2v) is 7.79. The van der Waals surface area contributed by atoms with Crippen molar-refractivity contribution in [3.8, 4) is 0 Å². The largest absolute Gasteiger partial charge is 0.348 e. The molecular weight excluding hydrogens is 360 g/mol. The monoisotopic (exact) mass is 380 g/mol. The van der Waals surface area contributed by atoms with Crippen molar-refractivity contribution in [3.05, 3.63) is 64.7 Å². The van der Waals surface area contributed by atoms with Gasteiger partial charge in [-0.05, 0) is 48.4 Å². The highest BCUT2D eigenvalue weighted by Crippen LogP contribution is 2.12. The van der Waals surface area contributed by atoms with Crippen LogP contribution in [0, 0.1) is 0 Å². The van der Waals surface area contributed by atoms with E-state index in [1.54, 1.807) is 12.1 Å². The second-order valence-electron chi connectivity index (χ2n) is 5.58. The van der Waals surface area contributed by atoms with Crippen molar-refractivity contribution in [1.82, 2.24) is 10.0 Å². The molecule has 0 fully saturated rings. The van der Waals surface area contributed by atoms with E-state index < -0.39 is 10.0 Å². The van der Waals surface area contributed by atoms with Gasteiger partial charge in [-0.1, -0.05) is 37.1 Å². The maximum absolute atomic E-state index is 12.2. The summed E-state index contributed by atoms with van der Waals surface area (Å²) in [5.41, 5.74) is 1.33. The molecule has 0 saturated heterocycles. The third-order valence-corrected chi connectivity index (χ3v) is 5.34. The van der Waals surface area contributed by atoms with Gasteiger partial charge in [0, 0.05) is 23.7 Å². The summed E-state index contributed by atoms with van der Waals surface area (Å²) in [5, 5.41) is 3.43. The topological polar surface area (TPSA) is 75.3 Å². The number of carbonyl (C=O) groups excluding carboxylic acids is 1. The standard InChI is InChI=1S/C18H21ClN2O3S/c1-2-3-12-21-25(23,24)17-10-6-15(7-11-17)18(22)20-13-14-4-8-16(19)9-5-14/h4-11,21H,2-3,12-13H2,1H3,(H,20,22). The average molecular weight is 381 g/mol. The maximum Gasteiger partial charge on any atom is 0.251 e. The fourth-order valence-electron chi connectivity index (χ4n) is 2.14. The minimum Gasteiger partial charge on any atom is -0.348 e. The third kappa shape index (κ3) is 5.85. The molecule has 0 bridgehead atoms. The minimum absolute atomic E-state index is 0.151. The van der Waals surface area contributed by atoms with Gasteiger partial charge in [-0.2, -0.15) is 0 Å². The average Bonchev–Trinajstić information content (AvgIpc) is 2.61. The molecule has 0 aliphatic rings. The Balaban J connectivity index is 1.96. The zero-order valence-corrected chi connectivity index (χ0v) is 15.5. The van der Waals surface area contributed by atoms with Crippen molar-refractivity contribution >= 4 is 27.5 Å². The number of sulfonamides is 1. The summed E-state index contributed by atoms with van der Waals surface area (Å²) in [7, 11) is -3.53. The number of hydrogen-bond acceptors (Lipinski definition) is 3. The summed E-state index contributed by atoms with van der Waals surface area (Å²) in [5.74, 6) is -0.266. The molecule has 0 radical (unpaired) electrons. The van der Waals surface area contributed by atoms with E-state index in [-0.39, 0.29) is 10.8 Å². The van der Waals surface area contributed by atoms with Gasteiger partial charge in [0.2, 0.25) is 10.0 Å². The Morgan fingerprint density at radius 2 is 1.68 bits per heavy atom. The Morgan fingerprint density at radius 3 is 2.28 bits per heavy atom. The van der Waals surface area contributed by atoms with Gasteiger partial charge in [0.15, 0.2) is 0 Å². The number of rotatable bonds is 8. The van der Waals surface area contributed by atoms with Crippen LogP contribution in [-0.4, -0.2) is 20.9 Å². The van der Waals surface area contributed by atoms with E-state index in [0.29, 0.717) is 23.7 Å². The van der Waals surface area contributed by atoms with Gasteiger partial charge in [-0.3, -0.25) is 4.79 Å². The molecule has 5 nitrogen and oxygen atoms in total. The Bertz CT molecular complexity index is 803. The lowest BCUT2D eigenvalue weighted by Gasteiger charge is -2.08. The van der Waals surface area contributed by atoms with Gasteiger partial charge < -0.3 is 5.32 Å². The predicted molar refractivity (Wildman–Crippen MR) is 99.2 cm³/mol. The van der Waals surface area contributed by atoms with Crippen molar-refractivity contribution in [2.45, 2.75) is 31.2 Å². The number of unbranched alkanes of at least 4 members (excludes halogenated alkanes) is 1. The van der Waals surface area contributed by atoms with E-state index in [0.717, 1.165) is 18.4 Å². The first-order valence-electron chi connectivity index (χ1n) is 8.05. The van der Waals surface area contributed by atoms with Crippen LogP contribution < -0.4 is 10.0 Å². The molecule has 0 heterocycles. The SMILES string of the molecule is CCCCNS(=O)(=O)c1ccc(C(=O)NCc2ccc(Cl)cc2)cc1. The zero-order valence-electron chi connectivity index (χ0n) is 14.0. The Labute approximate surface area is 153 Å². The summed E-state index contributed by atoms with van der Waals surface area (Å²) >= 11 is 5.82. The molecule has 25 heavy (non-hydrogen) atoms. The van der Waals surface area contributed by atoms with Gasteiger partial charge in [0.05, 0.1) is 4.90 Å². The number of hydrogen-bond donors (Lipinski definition) is 2. The highest BCUT2D eigenvalue weighted by atomic mass is 35.5. The number of amides is 1. The first-order chi connectivity index (χ1) is 11.9. The fourth-order valence-corrected chi connectivity index (χ4v) is 3.34. The molecule has 2 rings (SSSR count). The molecule has 2 aromatic rings. The van der Waals surface area contributed by atoms with Crippen LogP contribution in [0.2, 0.25) is 5.02 Å². The first kappa shape index (κ1) is 19.4. The molecule has 7 heteroatoms. The van der Waals surface area contributed by atoms with Crippen molar-refractivity contribution in [1.29, 1.82) is 0 Å². The van der Waals surface area contributed by atoms with E-state index in [2.05, 4.69) is 10.0 Å². The molecule has 0 spiro atoms. The lowest BCUT2D eigenvalue weighted by Crippen LogP contribution is -2.25. The molecule has 2 aromatic carbocycles. The van der Waals surface area contributed by atoms with Gasteiger partial charge in [0.25, 0.3) is 5.91 Å². The molecular formula is C18H21ClN2O3S. The van der Waals surface area contributed by atoms with Crippen molar-refractivity contribution < 1.29 is 13.2 Å². The maximum atomic E-state index is 12.2. The Hall–Kier alpha value is -1.89. The van der Waals surface area contributed by atoms with Crippen LogP contribution in [0.3, 0.4) is 0 Å². The van der Waals surface area contributed by atoms with Crippen LogP contribution in [0.15, 0.2) is 53.4 Å². The smallest absolute Gasteiger partial charge is 0.251 e. The summed E-state index contributed by atoms with van der Waals surface area (Å²) in [6.07, 6.45) is 1.69. The summed E-state index contributed by atoms with van der Waals surface area (Å²) in [6, 6.07) is 13.1. The van der Waals surface area contributed by atoms with E-state index in [9.17, 15) is 13.2 Å². The highest BCUT2D eigenvalue weighted by Gasteiger charge is 2.14. The third-order valence-electron chi connectivity index (χ3n) is 3.62. The summed E-state index contributed by atoms with van der Waals surface area (Å²) in [6.45, 7) is 2.77.